The molecule has 2 fully saturated rings. The van der Waals surface area contributed by atoms with Gasteiger partial charge in [-0.15, -0.1) is 0 Å². The van der Waals surface area contributed by atoms with Crippen molar-refractivity contribution in [3.8, 4) is 22.8 Å². The van der Waals surface area contributed by atoms with Gasteiger partial charge in [0.15, 0.2) is 5.82 Å². The van der Waals surface area contributed by atoms with Crippen molar-refractivity contribution in [2.75, 3.05) is 44.6 Å². The molecule has 1 saturated carbocycles. The minimum Gasteiger partial charge on any atom is -0.495 e. The molecule has 2 aromatic heterocycles. The van der Waals surface area contributed by atoms with E-state index in [2.05, 4.69) is 15.6 Å². The minimum atomic E-state index is 0.205. The van der Waals surface area contributed by atoms with Crippen LogP contribution in [0.5, 0.6) is 11.5 Å². The third-order valence-electron chi connectivity index (χ3n) is 6.69. The first-order valence-electron chi connectivity index (χ1n) is 11.9. The summed E-state index contributed by atoms with van der Waals surface area (Å²) in [5.74, 6) is 2.77. The summed E-state index contributed by atoms with van der Waals surface area (Å²) >= 11 is 13.4. The summed E-state index contributed by atoms with van der Waals surface area (Å²) in [7, 11) is 3.11. The van der Waals surface area contributed by atoms with Gasteiger partial charge in [0.05, 0.1) is 42.6 Å². The van der Waals surface area contributed by atoms with Gasteiger partial charge in [-0.25, -0.2) is 15.0 Å². The smallest absolute Gasteiger partial charge is 0.223 e. The highest BCUT2D eigenvalue weighted by Gasteiger charge is 2.23. The Labute approximate surface area is 214 Å². The molecule has 3 heterocycles. The second kappa shape index (κ2) is 10.6. The number of ether oxygens (including phenoxy) is 3. The molecule has 0 radical (unpaired) electrons. The summed E-state index contributed by atoms with van der Waals surface area (Å²) in [6, 6.07) is 3.77. The molecule has 10 heteroatoms. The minimum absolute atomic E-state index is 0.205. The SMILES string of the molecule is COc1cc(OC)c(Cl)c(-c2cc3cnc(NC4CCOC4)nc3c(NCC3CCCC3)n2)c1Cl. The van der Waals surface area contributed by atoms with E-state index in [0.717, 1.165) is 30.5 Å². The standard InChI is InChI=1S/C25H29Cl2N5O3/c1-33-18-10-19(34-2)22(27)20(21(18)26)17-9-15-12-29-25(30-16-7-8-35-13-16)32-23(15)24(31-17)28-11-14-5-3-4-6-14/h9-10,12,14,16H,3-8,11,13H2,1-2H3,(H,28,31)(H,29,30,32). The average molecular weight is 518 g/mol. The molecule has 1 atom stereocenters. The maximum absolute atomic E-state index is 6.70. The van der Waals surface area contributed by atoms with Gasteiger partial charge in [-0.1, -0.05) is 36.0 Å². The number of hydrogen-bond acceptors (Lipinski definition) is 8. The van der Waals surface area contributed by atoms with Crippen LogP contribution < -0.4 is 20.1 Å². The first kappa shape index (κ1) is 24.2. The molecule has 1 saturated heterocycles. The Balaban J connectivity index is 1.59. The van der Waals surface area contributed by atoms with Crippen molar-refractivity contribution in [2.45, 2.75) is 38.1 Å². The molecule has 0 bridgehead atoms. The van der Waals surface area contributed by atoms with E-state index in [0.29, 0.717) is 57.1 Å². The Morgan fingerprint density at radius 2 is 1.77 bits per heavy atom. The van der Waals surface area contributed by atoms with Crippen molar-refractivity contribution in [3.05, 3.63) is 28.4 Å². The molecule has 2 N–H and O–H groups in total. The predicted octanol–water partition coefficient (Wildman–Crippen LogP) is 5.82. The lowest BCUT2D eigenvalue weighted by atomic mass is 10.1. The van der Waals surface area contributed by atoms with Gasteiger partial charge < -0.3 is 24.8 Å². The second-order valence-corrected chi connectivity index (χ2v) is 9.76. The molecule has 2 aliphatic rings. The van der Waals surface area contributed by atoms with Gasteiger partial charge in [0.2, 0.25) is 5.95 Å². The third-order valence-corrected chi connectivity index (χ3v) is 7.44. The van der Waals surface area contributed by atoms with Gasteiger partial charge >= 0.3 is 0 Å². The lowest BCUT2D eigenvalue weighted by molar-refractivity contribution is 0.195. The third kappa shape index (κ3) is 5.06. The van der Waals surface area contributed by atoms with Crippen molar-refractivity contribution in [1.29, 1.82) is 0 Å². The zero-order chi connectivity index (χ0) is 24.4. The average Bonchev–Trinajstić information content (AvgIpc) is 3.57. The molecule has 0 spiro atoms. The number of fused-ring (bicyclic) bond motifs is 1. The van der Waals surface area contributed by atoms with Crippen molar-refractivity contribution in [3.63, 3.8) is 0 Å². The van der Waals surface area contributed by atoms with Gasteiger partial charge in [-0.2, -0.15) is 0 Å². The Kier molecular flexibility index (Phi) is 7.32. The summed E-state index contributed by atoms with van der Waals surface area (Å²) < 4.78 is 16.4. The van der Waals surface area contributed by atoms with Crippen LogP contribution in [0.25, 0.3) is 22.2 Å². The Morgan fingerprint density at radius 3 is 2.43 bits per heavy atom. The van der Waals surface area contributed by atoms with Crippen LogP contribution in [0, 0.1) is 5.92 Å². The van der Waals surface area contributed by atoms with Gasteiger partial charge in [-0.05, 0) is 31.2 Å². The van der Waals surface area contributed by atoms with Crippen LogP contribution in [0.4, 0.5) is 11.8 Å². The summed E-state index contributed by atoms with van der Waals surface area (Å²) in [6.45, 7) is 2.23. The Morgan fingerprint density at radius 1 is 1.03 bits per heavy atom. The van der Waals surface area contributed by atoms with Crippen LogP contribution in [0.1, 0.15) is 32.1 Å². The largest absolute Gasteiger partial charge is 0.495 e. The summed E-state index contributed by atoms with van der Waals surface area (Å²) in [5.41, 5.74) is 1.87. The van der Waals surface area contributed by atoms with E-state index < -0.39 is 0 Å². The maximum atomic E-state index is 6.70. The zero-order valence-corrected chi connectivity index (χ0v) is 21.4. The van der Waals surface area contributed by atoms with E-state index in [1.807, 2.05) is 6.07 Å². The van der Waals surface area contributed by atoms with Crippen molar-refractivity contribution < 1.29 is 14.2 Å². The first-order chi connectivity index (χ1) is 17.1. The Hall–Kier alpha value is -2.55. The van der Waals surface area contributed by atoms with Gasteiger partial charge in [0.1, 0.15) is 17.0 Å². The van der Waals surface area contributed by atoms with Crippen molar-refractivity contribution >= 4 is 45.9 Å². The van der Waals surface area contributed by atoms with E-state index in [-0.39, 0.29) is 6.04 Å². The topological polar surface area (TPSA) is 90.4 Å². The molecule has 1 aromatic carbocycles. The fourth-order valence-electron chi connectivity index (χ4n) is 4.76. The number of rotatable bonds is 8. The normalized spacial score (nSPS) is 18.2. The van der Waals surface area contributed by atoms with Crippen molar-refractivity contribution in [2.24, 2.45) is 5.92 Å². The molecule has 186 valence electrons. The number of nitrogens with zero attached hydrogens (tertiary/aromatic N) is 3. The van der Waals surface area contributed by atoms with Gasteiger partial charge in [0.25, 0.3) is 0 Å². The Bertz CT molecular complexity index is 1190. The molecular weight excluding hydrogens is 489 g/mol. The monoisotopic (exact) mass is 517 g/mol. The molecular formula is C25H29Cl2N5O3. The van der Waals surface area contributed by atoms with Gasteiger partial charge in [0, 0.05) is 36.4 Å². The number of methoxy groups -OCH3 is 2. The summed E-state index contributed by atoms with van der Waals surface area (Å²) in [6.07, 6.45) is 7.72. The lowest BCUT2D eigenvalue weighted by Crippen LogP contribution is -2.20. The molecule has 35 heavy (non-hydrogen) atoms. The molecule has 1 unspecified atom stereocenters. The van der Waals surface area contributed by atoms with E-state index in [1.165, 1.54) is 25.7 Å². The maximum Gasteiger partial charge on any atom is 0.223 e. The van der Waals surface area contributed by atoms with E-state index in [4.69, 9.17) is 47.4 Å². The highest BCUT2D eigenvalue weighted by atomic mass is 35.5. The molecule has 3 aromatic rings. The van der Waals surface area contributed by atoms with Crippen LogP contribution in [0.2, 0.25) is 10.0 Å². The molecule has 8 nitrogen and oxygen atoms in total. The van der Waals surface area contributed by atoms with E-state index in [1.54, 1.807) is 26.5 Å². The van der Waals surface area contributed by atoms with Crippen LogP contribution >= 0.6 is 23.2 Å². The molecule has 1 aliphatic heterocycles. The number of pyridine rings is 1. The van der Waals surface area contributed by atoms with Crippen LogP contribution in [0.15, 0.2) is 18.3 Å². The molecule has 0 amide bonds. The number of anilines is 2. The van der Waals surface area contributed by atoms with E-state index >= 15 is 0 Å². The quantitative estimate of drug-likeness (QED) is 0.386. The van der Waals surface area contributed by atoms with Crippen LogP contribution in [-0.4, -0.2) is 55.0 Å². The lowest BCUT2D eigenvalue weighted by Gasteiger charge is -2.18. The number of nitrogens with one attached hydrogen (secondary N) is 2. The highest BCUT2D eigenvalue weighted by Crippen LogP contribution is 2.46. The van der Waals surface area contributed by atoms with Crippen LogP contribution in [-0.2, 0) is 4.74 Å². The second-order valence-electron chi connectivity index (χ2n) is 9.01. The van der Waals surface area contributed by atoms with Crippen LogP contribution in [0.3, 0.4) is 0 Å². The molecule has 5 rings (SSSR count). The predicted molar refractivity (Wildman–Crippen MR) is 139 cm³/mol. The first-order valence-corrected chi connectivity index (χ1v) is 12.7. The molecule has 1 aliphatic carbocycles. The van der Waals surface area contributed by atoms with Gasteiger partial charge in [-0.3, -0.25) is 0 Å². The fraction of sp³-hybridized carbons (Fsp3) is 0.480. The van der Waals surface area contributed by atoms with E-state index in [9.17, 15) is 0 Å². The number of aromatic nitrogens is 3. The number of benzene rings is 1. The number of hydrogen-bond donors (Lipinski definition) is 2. The summed E-state index contributed by atoms with van der Waals surface area (Å²) in [5, 5.41) is 8.49. The summed E-state index contributed by atoms with van der Waals surface area (Å²) in [4.78, 5) is 14.3. The van der Waals surface area contributed by atoms with Crippen molar-refractivity contribution in [1.82, 2.24) is 15.0 Å². The fourth-order valence-corrected chi connectivity index (χ4v) is 5.45. The number of halogens is 2. The highest BCUT2D eigenvalue weighted by molar-refractivity contribution is 6.41. The zero-order valence-electron chi connectivity index (χ0n) is 19.9.